The fourth-order valence-electron chi connectivity index (χ4n) is 3.56. The van der Waals surface area contributed by atoms with Gasteiger partial charge >= 0.3 is 6.18 Å². The maximum atomic E-state index is 12.8. The number of para-hydroxylation sites is 1. The van der Waals surface area contributed by atoms with Gasteiger partial charge in [-0.3, -0.25) is 4.79 Å². The van der Waals surface area contributed by atoms with Gasteiger partial charge in [-0.25, -0.2) is 9.67 Å². The van der Waals surface area contributed by atoms with Crippen LogP contribution in [0.5, 0.6) is 0 Å². The molecule has 9 heteroatoms. The molecule has 0 bridgehead atoms. The molecule has 1 N–H and O–H groups in total. The third kappa shape index (κ3) is 3.71. The van der Waals surface area contributed by atoms with Gasteiger partial charge in [0.2, 0.25) is 0 Å². The minimum absolute atomic E-state index is 0.133. The van der Waals surface area contributed by atoms with E-state index in [4.69, 9.17) is 16.7 Å². The molecule has 1 saturated carbocycles. The minimum atomic E-state index is -4.45. The summed E-state index contributed by atoms with van der Waals surface area (Å²) in [4.78, 5) is 17.3. The van der Waals surface area contributed by atoms with Crippen LogP contribution >= 0.6 is 11.6 Å². The van der Waals surface area contributed by atoms with Gasteiger partial charge < -0.3 is 5.32 Å². The van der Waals surface area contributed by atoms with Crippen LogP contribution in [-0.4, -0.2) is 20.7 Å². The molecule has 5 rings (SSSR count). The van der Waals surface area contributed by atoms with E-state index in [9.17, 15) is 18.0 Å². The number of rotatable bonds is 4. The molecule has 0 atom stereocenters. The van der Waals surface area contributed by atoms with Crippen molar-refractivity contribution in [3.8, 4) is 5.69 Å². The molecule has 0 radical (unpaired) electrons. The van der Waals surface area contributed by atoms with Gasteiger partial charge in [-0.1, -0.05) is 29.8 Å². The number of benzene rings is 2. The Morgan fingerprint density at radius 3 is 2.38 bits per heavy atom. The first-order valence-electron chi connectivity index (χ1n) is 9.94. The smallest absolute Gasteiger partial charge is 0.322 e. The third-order valence-electron chi connectivity index (χ3n) is 5.34. The van der Waals surface area contributed by atoms with Gasteiger partial charge in [-0.05, 0) is 49.2 Å². The van der Waals surface area contributed by atoms with Crippen molar-refractivity contribution < 1.29 is 18.0 Å². The minimum Gasteiger partial charge on any atom is -0.322 e. The molecule has 0 saturated heterocycles. The number of alkyl halides is 3. The largest absolute Gasteiger partial charge is 0.416 e. The van der Waals surface area contributed by atoms with Gasteiger partial charge in [0, 0.05) is 17.8 Å². The number of amides is 1. The lowest BCUT2D eigenvalue weighted by atomic mass is 10.1. The van der Waals surface area contributed by atoms with Crippen molar-refractivity contribution in [2.24, 2.45) is 0 Å². The van der Waals surface area contributed by atoms with E-state index in [1.165, 1.54) is 18.3 Å². The molecule has 1 aliphatic rings. The number of hydrogen-bond donors (Lipinski definition) is 1. The van der Waals surface area contributed by atoms with Crippen LogP contribution in [-0.2, 0) is 6.18 Å². The van der Waals surface area contributed by atoms with Crippen molar-refractivity contribution in [1.82, 2.24) is 14.8 Å². The molecule has 0 aliphatic heterocycles. The second-order valence-corrected chi connectivity index (χ2v) is 8.00. The topological polar surface area (TPSA) is 59.8 Å². The summed E-state index contributed by atoms with van der Waals surface area (Å²) in [5.74, 6) is -0.298. The van der Waals surface area contributed by atoms with Crippen LogP contribution in [0.1, 0.15) is 40.4 Å². The summed E-state index contributed by atoms with van der Waals surface area (Å²) in [6.45, 7) is 0. The van der Waals surface area contributed by atoms with Gasteiger partial charge in [-0.15, -0.1) is 0 Å². The zero-order valence-electron chi connectivity index (χ0n) is 16.5. The summed E-state index contributed by atoms with van der Waals surface area (Å²) in [6.07, 6.45) is -1.11. The molecule has 1 amide bonds. The van der Waals surface area contributed by atoms with Crippen molar-refractivity contribution in [3.05, 3.63) is 82.6 Å². The number of carbonyl (C=O) groups is 1. The standard InChI is InChI=1S/C23H16ClF3N4O/c24-19-17(22(32)29-15-10-8-14(9-11-15)23(25,26)27)12-28-21-18(19)20(13-6-7-13)30-31(21)16-4-2-1-3-5-16/h1-5,8-13H,6-7H2,(H,29,32). The number of nitrogens with one attached hydrogen (secondary N) is 1. The van der Waals surface area contributed by atoms with Gasteiger partial charge in [0.05, 0.1) is 32.9 Å². The zero-order valence-corrected chi connectivity index (χ0v) is 17.3. The summed E-state index contributed by atoms with van der Waals surface area (Å²) < 4.78 is 40.0. The molecule has 2 aromatic heterocycles. The van der Waals surface area contributed by atoms with Crippen molar-refractivity contribution >= 4 is 34.2 Å². The SMILES string of the molecule is O=C(Nc1ccc(C(F)(F)F)cc1)c1cnc2c(c(C3CC3)nn2-c2ccccc2)c1Cl. The molecular formula is C23H16ClF3N4O. The number of carbonyl (C=O) groups excluding carboxylic acids is 1. The zero-order chi connectivity index (χ0) is 22.5. The first-order chi connectivity index (χ1) is 15.3. The molecule has 5 nitrogen and oxygen atoms in total. The Morgan fingerprint density at radius 2 is 1.75 bits per heavy atom. The normalized spacial score (nSPS) is 14.0. The highest BCUT2D eigenvalue weighted by atomic mass is 35.5. The van der Waals surface area contributed by atoms with Crippen LogP contribution in [0.25, 0.3) is 16.7 Å². The fraction of sp³-hybridized carbons (Fsp3) is 0.174. The van der Waals surface area contributed by atoms with Crippen LogP contribution in [0.15, 0.2) is 60.8 Å². The molecule has 1 aliphatic carbocycles. The summed E-state index contributed by atoms with van der Waals surface area (Å²) in [5.41, 5.74) is 1.74. The van der Waals surface area contributed by atoms with Gasteiger partial charge in [0.1, 0.15) is 0 Å². The Bertz CT molecular complexity index is 1310. The van der Waals surface area contributed by atoms with Crippen LogP contribution in [0.3, 0.4) is 0 Å². The van der Waals surface area contributed by atoms with Crippen molar-refractivity contribution in [3.63, 3.8) is 0 Å². The number of fused-ring (bicyclic) bond motifs is 1. The number of hydrogen-bond acceptors (Lipinski definition) is 3. The number of anilines is 1. The summed E-state index contributed by atoms with van der Waals surface area (Å²) in [6, 6.07) is 13.7. The highest BCUT2D eigenvalue weighted by Gasteiger charge is 2.32. The Hall–Kier alpha value is -3.39. The van der Waals surface area contributed by atoms with E-state index in [0.29, 0.717) is 11.0 Å². The number of aromatic nitrogens is 3. The summed E-state index contributed by atoms with van der Waals surface area (Å²) >= 11 is 6.66. The lowest BCUT2D eigenvalue weighted by Gasteiger charge is -2.10. The number of halogens is 4. The highest BCUT2D eigenvalue weighted by molar-refractivity contribution is 6.39. The molecule has 162 valence electrons. The summed E-state index contributed by atoms with van der Waals surface area (Å²) in [5, 5.41) is 8.17. The molecule has 32 heavy (non-hydrogen) atoms. The summed E-state index contributed by atoms with van der Waals surface area (Å²) in [7, 11) is 0. The highest BCUT2D eigenvalue weighted by Crippen LogP contribution is 2.45. The molecule has 0 spiro atoms. The Labute approximate surface area is 185 Å². The molecule has 4 aromatic rings. The van der Waals surface area contributed by atoms with Gasteiger partial charge in [-0.2, -0.15) is 18.3 Å². The predicted octanol–water partition coefficient (Wildman–Crippen LogP) is 6.22. The third-order valence-corrected chi connectivity index (χ3v) is 5.73. The maximum Gasteiger partial charge on any atom is 0.416 e. The van der Waals surface area contributed by atoms with Crippen LogP contribution in [0.2, 0.25) is 5.02 Å². The number of pyridine rings is 1. The predicted molar refractivity (Wildman–Crippen MR) is 115 cm³/mol. The Kier molecular flexibility index (Phi) is 4.89. The van der Waals surface area contributed by atoms with E-state index in [1.807, 2.05) is 30.3 Å². The first kappa shape index (κ1) is 20.5. The molecule has 0 unspecified atom stereocenters. The fourth-order valence-corrected chi connectivity index (χ4v) is 3.88. The molecule has 2 aromatic carbocycles. The molecule has 1 fully saturated rings. The van der Waals surface area contributed by atoms with E-state index in [1.54, 1.807) is 4.68 Å². The van der Waals surface area contributed by atoms with E-state index in [2.05, 4.69) is 10.3 Å². The molecular weight excluding hydrogens is 441 g/mol. The van der Waals surface area contributed by atoms with E-state index in [0.717, 1.165) is 36.4 Å². The van der Waals surface area contributed by atoms with Gasteiger partial charge in [0.25, 0.3) is 5.91 Å². The van der Waals surface area contributed by atoms with E-state index < -0.39 is 17.6 Å². The van der Waals surface area contributed by atoms with E-state index in [-0.39, 0.29) is 22.2 Å². The number of nitrogens with zero attached hydrogens (tertiary/aromatic N) is 3. The average Bonchev–Trinajstić information content (AvgIpc) is 3.54. The Morgan fingerprint density at radius 1 is 1.06 bits per heavy atom. The first-order valence-corrected chi connectivity index (χ1v) is 10.3. The van der Waals surface area contributed by atoms with Crippen LogP contribution in [0, 0.1) is 0 Å². The average molecular weight is 457 g/mol. The van der Waals surface area contributed by atoms with Crippen molar-refractivity contribution in [2.75, 3.05) is 5.32 Å². The van der Waals surface area contributed by atoms with Crippen molar-refractivity contribution in [1.29, 1.82) is 0 Å². The maximum absolute atomic E-state index is 12.8. The second-order valence-electron chi connectivity index (χ2n) is 7.62. The Balaban J connectivity index is 1.52. The van der Waals surface area contributed by atoms with Crippen LogP contribution in [0.4, 0.5) is 18.9 Å². The molecule has 2 heterocycles. The van der Waals surface area contributed by atoms with E-state index >= 15 is 0 Å². The lowest BCUT2D eigenvalue weighted by Crippen LogP contribution is -2.13. The second kappa shape index (κ2) is 7.63. The van der Waals surface area contributed by atoms with Gasteiger partial charge in [0.15, 0.2) is 5.65 Å². The quantitative estimate of drug-likeness (QED) is 0.396. The van der Waals surface area contributed by atoms with Crippen LogP contribution < -0.4 is 5.32 Å². The monoisotopic (exact) mass is 456 g/mol. The van der Waals surface area contributed by atoms with Crippen molar-refractivity contribution in [2.45, 2.75) is 24.9 Å². The lowest BCUT2D eigenvalue weighted by molar-refractivity contribution is -0.137.